The van der Waals surface area contributed by atoms with Gasteiger partial charge in [-0.05, 0) is 26.2 Å². The predicted octanol–water partition coefficient (Wildman–Crippen LogP) is 2.84. The van der Waals surface area contributed by atoms with E-state index in [-0.39, 0.29) is 24.5 Å². The number of ether oxygens (including phenoxy) is 1. The van der Waals surface area contributed by atoms with Crippen molar-refractivity contribution >= 4 is 28.5 Å². The van der Waals surface area contributed by atoms with Crippen molar-refractivity contribution in [2.75, 3.05) is 11.9 Å². The first-order chi connectivity index (χ1) is 13.6. The summed E-state index contributed by atoms with van der Waals surface area (Å²) in [6.45, 7) is 4.99. The molecule has 0 spiro atoms. The van der Waals surface area contributed by atoms with Gasteiger partial charge in [0.15, 0.2) is 11.0 Å². The largest absolute Gasteiger partial charge is 0.466 e. The zero-order valence-electron chi connectivity index (χ0n) is 16.2. The van der Waals surface area contributed by atoms with Crippen LogP contribution in [0.1, 0.15) is 62.9 Å². The van der Waals surface area contributed by atoms with Crippen molar-refractivity contribution in [2.24, 2.45) is 0 Å². The summed E-state index contributed by atoms with van der Waals surface area (Å²) in [5.41, 5.74) is 0.577. The monoisotopic (exact) mass is 406 g/mol. The third kappa shape index (κ3) is 5.06. The number of amides is 2. The highest BCUT2D eigenvalue weighted by atomic mass is 32.1. The number of anilines is 1. The number of rotatable bonds is 7. The summed E-state index contributed by atoms with van der Waals surface area (Å²) in [5.74, 6) is 1.47. The Labute approximate surface area is 167 Å². The molecule has 1 atom stereocenters. The van der Waals surface area contributed by atoms with Gasteiger partial charge in [0.1, 0.15) is 5.82 Å². The first kappa shape index (κ1) is 20.2. The number of aryl methyl sites for hydroxylation is 1. The van der Waals surface area contributed by atoms with Gasteiger partial charge in [-0.25, -0.2) is 9.78 Å². The van der Waals surface area contributed by atoms with Crippen LogP contribution >= 0.6 is 11.3 Å². The molecule has 2 aromatic heterocycles. The van der Waals surface area contributed by atoms with Crippen LogP contribution in [-0.4, -0.2) is 38.4 Å². The normalized spacial score (nSPS) is 14.6. The molecule has 10 heteroatoms. The van der Waals surface area contributed by atoms with Crippen LogP contribution in [0.25, 0.3) is 0 Å². The fraction of sp³-hybridized carbons (Fsp3) is 0.611. The summed E-state index contributed by atoms with van der Waals surface area (Å²) >= 11 is 1.27. The molecule has 0 aliphatic carbocycles. The summed E-state index contributed by atoms with van der Waals surface area (Å²) in [6.07, 6.45) is 5.14. The van der Waals surface area contributed by atoms with Crippen molar-refractivity contribution in [3.05, 3.63) is 22.7 Å². The van der Waals surface area contributed by atoms with Gasteiger partial charge in [0.25, 0.3) is 0 Å². The summed E-state index contributed by atoms with van der Waals surface area (Å²) in [7, 11) is 0. The number of urea groups is 1. The Bertz CT molecular complexity index is 818. The van der Waals surface area contributed by atoms with E-state index in [1.54, 1.807) is 12.3 Å². The van der Waals surface area contributed by atoms with Crippen LogP contribution in [-0.2, 0) is 28.9 Å². The van der Waals surface area contributed by atoms with Gasteiger partial charge in [0.2, 0.25) is 0 Å². The average molecular weight is 407 g/mol. The molecule has 0 unspecified atom stereocenters. The number of hydrogen-bond donors (Lipinski definition) is 2. The lowest BCUT2D eigenvalue weighted by Gasteiger charge is -2.17. The van der Waals surface area contributed by atoms with E-state index >= 15 is 0 Å². The van der Waals surface area contributed by atoms with Gasteiger partial charge >= 0.3 is 12.0 Å². The van der Waals surface area contributed by atoms with Crippen LogP contribution in [0.4, 0.5) is 9.93 Å². The number of hydrogen-bond acceptors (Lipinski definition) is 7. The second-order valence-corrected chi connectivity index (χ2v) is 7.48. The molecule has 0 bridgehead atoms. The maximum Gasteiger partial charge on any atom is 0.321 e. The van der Waals surface area contributed by atoms with Gasteiger partial charge in [0.05, 0.1) is 24.8 Å². The molecular formula is C18H26N6O3S. The van der Waals surface area contributed by atoms with Crippen molar-refractivity contribution in [1.29, 1.82) is 0 Å². The number of carbonyl (C=O) groups excluding carboxylic acids is 2. The molecule has 2 N–H and O–H groups in total. The van der Waals surface area contributed by atoms with E-state index in [0.29, 0.717) is 23.9 Å². The average Bonchev–Trinajstić information content (AvgIpc) is 3.19. The van der Waals surface area contributed by atoms with E-state index in [0.717, 1.165) is 37.5 Å². The molecule has 0 fully saturated rings. The fourth-order valence-electron chi connectivity index (χ4n) is 3.21. The molecule has 3 heterocycles. The standard InChI is InChI=1S/C18H26N6O3S/c1-3-13(16-23-22-14-8-6-5-7-9-24(14)16)20-17(26)21-18-19-12(11-28-18)10-15(25)27-4-2/h11,13H,3-10H2,1-2H3,(H2,19,20,21,26)/t13-/m0/s1. The number of aromatic nitrogens is 4. The number of esters is 1. The minimum absolute atomic E-state index is 0.0944. The summed E-state index contributed by atoms with van der Waals surface area (Å²) in [6, 6.07) is -0.576. The number of carbonyl (C=O) groups is 2. The zero-order chi connectivity index (χ0) is 19.9. The maximum atomic E-state index is 12.4. The molecule has 152 valence electrons. The Balaban J connectivity index is 1.60. The van der Waals surface area contributed by atoms with Gasteiger partial charge < -0.3 is 14.6 Å². The van der Waals surface area contributed by atoms with Crippen molar-refractivity contribution in [2.45, 2.75) is 65.0 Å². The van der Waals surface area contributed by atoms with Crippen LogP contribution in [0.15, 0.2) is 5.38 Å². The third-order valence-electron chi connectivity index (χ3n) is 4.57. The Morgan fingerprint density at radius 1 is 1.29 bits per heavy atom. The molecule has 1 aliphatic rings. The lowest BCUT2D eigenvalue weighted by molar-refractivity contribution is -0.142. The number of fused-ring (bicyclic) bond motifs is 1. The molecular weight excluding hydrogens is 380 g/mol. The molecule has 0 radical (unpaired) electrons. The van der Waals surface area contributed by atoms with E-state index in [9.17, 15) is 9.59 Å². The minimum atomic E-state index is -0.352. The predicted molar refractivity (Wildman–Crippen MR) is 105 cm³/mol. The lowest BCUT2D eigenvalue weighted by Crippen LogP contribution is -2.34. The first-order valence-electron chi connectivity index (χ1n) is 9.70. The highest BCUT2D eigenvalue weighted by Gasteiger charge is 2.23. The van der Waals surface area contributed by atoms with Gasteiger partial charge in [0, 0.05) is 18.3 Å². The van der Waals surface area contributed by atoms with Crippen LogP contribution in [0.3, 0.4) is 0 Å². The van der Waals surface area contributed by atoms with E-state index < -0.39 is 0 Å². The van der Waals surface area contributed by atoms with Crippen molar-refractivity contribution in [3.63, 3.8) is 0 Å². The zero-order valence-corrected chi connectivity index (χ0v) is 17.0. The van der Waals surface area contributed by atoms with Crippen LogP contribution < -0.4 is 10.6 Å². The van der Waals surface area contributed by atoms with E-state index in [2.05, 4.69) is 30.4 Å². The molecule has 2 aromatic rings. The maximum absolute atomic E-state index is 12.4. The Hall–Kier alpha value is -2.49. The van der Waals surface area contributed by atoms with Crippen molar-refractivity contribution in [1.82, 2.24) is 25.1 Å². The minimum Gasteiger partial charge on any atom is -0.466 e. The quantitative estimate of drug-likeness (QED) is 0.684. The van der Waals surface area contributed by atoms with Gasteiger partial charge in [-0.2, -0.15) is 0 Å². The molecule has 0 aromatic carbocycles. The molecule has 3 rings (SSSR count). The summed E-state index contributed by atoms with van der Waals surface area (Å²) in [4.78, 5) is 28.2. The fourth-order valence-corrected chi connectivity index (χ4v) is 3.92. The van der Waals surface area contributed by atoms with Crippen molar-refractivity contribution < 1.29 is 14.3 Å². The Kier molecular flexibility index (Phi) is 6.96. The summed E-state index contributed by atoms with van der Waals surface area (Å²) in [5, 5.41) is 16.5. The number of nitrogens with one attached hydrogen (secondary N) is 2. The van der Waals surface area contributed by atoms with E-state index in [1.165, 1.54) is 17.8 Å². The Morgan fingerprint density at radius 3 is 2.93 bits per heavy atom. The topological polar surface area (TPSA) is 111 Å². The van der Waals surface area contributed by atoms with Gasteiger partial charge in [-0.1, -0.05) is 13.3 Å². The van der Waals surface area contributed by atoms with Crippen LogP contribution in [0, 0.1) is 0 Å². The molecule has 9 nitrogen and oxygen atoms in total. The highest BCUT2D eigenvalue weighted by molar-refractivity contribution is 7.13. The van der Waals surface area contributed by atoms with Gasteiger partial charge in [-0.3, -0.25) is 10.1 Å². The lowest BCUT2D eigenvalue weighted by atomic mass is 10.2. The van der Waals surface area contributed by atoms with Crippen LogP contribution in [0.2, 0.25) is 0 Å². The molecule has 2 amide bonds. The van der Waals surface area contributed by atoms with Crippen LogP contribution in [0.5, 0.6) is 0 Å². The third-order valence-corrected chi connectivity index (χ3v) is 5.37. The second-order valence-electron chi connectivity index (χ2n) is 6.62. The smallest absolute Gasteiger partial charge is 0.321 e. The summed E-state index contributed by atoms with van der Waals surface area (Å²) < 4.78 is 7.05. The van der Waals surface area contributed by atoms with Gasteiger partial charge in [-0.15, -0.1) is 21.5 Å². The number of nitrogens with zero attached hydrogens (tertiary/aromatic N) is 4. The van der Waals surface area contributed by atoms with E-state index in [4.69, 9.17) is 4.74 Å². The molecule has 0 saturated carbocycles. The SMILES string of the molecule is CCOC(=O)Cc1csc(NC(=O)N[C@@H](CC)c2nnc3n2CCCCC3)n1. The van der Waals surface area contributed by atoms with Crippen molar-refractivity contribution in [3.8, 4) is 0 Å². The molecule has 0 saturated heterocycles. The molecule has 1 aliphatic heterocycles. The Morgan fingerprint density at radius 2 is 2.14 bits per heavy atom. The van der Waals surface area contributed by atoms with E-state index in [1.807, 2.05) is 6.92 Å². The second kappa shape index (κ2) is 9.63. The highest BCUT2D eigenvalue weighted by Crippen LogP contribution is 2.21. The molecule has 28 heavy (non-hydrogen) atoms. The number of thiazole rings is 1. The first-order valence-corrected chi connectivity index (χ1v) is 10.6.